The summed E-state index contributed by atoms with van der Waals surface area (Å²) < 4.78 is 7.18. The van der Waals surface area contributed by atoms with Gasteiger partial charge in [0.1, 0.15) is 5.75 Å². The van der Waals surface area contributed by atoms with E-state index in [4.69, 9.17) is 4.74 Å². The Kier molecular flexibility index (Phi) is 6.15. The number of hydrogen-bond donors (Lipinski definition) is 1. The Balaban J connectivity index is 0.00000208. The molecule has 0 aliphatic rings. The van der Waals surface area contributed by atoms with Gasteiger partial charge in [-0.15, -0.1) is 0 Å². The molecule has 0 atom stereocenters. The molecule has 0 aliphatic heterocycles. The van der Waals surface area contributed by atoms with Gasteiger partial charge in [0, 0.05) is 23.6 Å². The van der Waals surface area contributed by atoms with Gasteiger partial charge in [0.05, 0.1) is 7.11 Å². The number of nitrogens with one attached hydrogen (secondary N) is 1. The molecule has 1 N–H and O–H groups in total. The van der Waals surface area contributed by atoms with Crippen LogP contribution in [0.15, 0.2) is 67.0 Å². The van der Waals surface area contributed by atoms with Crippen molar-refractivity contribution in [3.8, 4) is 5.75 Å². The minimum absolute atomic E-state index is 0. The predicted molar refractivity (Wildman–Crippen MR) is 89.0 cm³/mol. The van der Waals surface area contributed by atoms with E-state index in [1.54, 1.807) is 7.11 Å². The molecular weight excluding hydrogens is 324 g/mol. The maximum Gasteiger partial charge on any atom is 0.286 e. The number of methoxy groups -OCH3 is 1. The minimum atomic E-state index is -0.0313. The first-order valence-corrected chi connectivity index (χ1v) is 7.53. The number of nitrogens with zero attached hydrogens (tertiary/aromatic N) is 1. The third-order valence-corrected chi connectivity index (χ3v) is 3.74. The van der Waals surface area contributed by atoms with Crippen molar-refractivity contribution in [3.05, 3.63) is 72.6 Å². The molecule has 124 valence electrons. The van der Waals surface area contributed by atoms with E-state index >= 15 is 0 Å². The van der Waals surface area contributed by atoms with Gasteiger partial charge in [-0.1, -0.05) is 36.4 Å². The SMILES string of the molecule is COc1ccccc1CNC(=O)C[n+]1ccc2ccccc2c1.[Cl-]. The van der Waals surface area contributed by atoms with Gasteiger partial charge >= 0.3 is 0 Å². The summed E-state index contributed by atoms with van der Waals surface area (Å²) in [4.78, 5) is 12.1. The topological polar surface area (TPSA) is 42.2 Å². The van der Waals surface area contributed by atoms with Crippen molar-refractivity contribution in [3.63, 3.8) is 0 Å². The molecule has 0 spiro atoms. The number of ether oxygens (including phenoxy) is 1. The fourth-order valence-corrected chi connectivity index (χ4v) is 2.54. The molecule has 24 heavy (non-hydrogen) atoms. The number of amides is 1. The molecule has 1 heterocycles. The zero-order chi connectivity index (χ0) is 16.1. The fourth-order valence-electron chi connectivity index (χ4n) is 2.54. The summed E-state index contributed by atoms with van der Waals surface area (Å²) in [6.07, 6.45) is 3.91. The highest BCUT2D eigenvalue weighted by Crippen LogP contribution is 2.16. The van der Waals surface area contributed by atoms with Crippen LogP contribution in [0.1, 0.15) is 5.56 Å². The van der Waals surface area contributed by atoms with Crippen molar-refractivity contribution < 1.29 is 26.5 Å². The summed E-state index contributed by atoms with van der Waals surface area (Å²) in [5.74, 6) is 0.752. The lowest BCUT2D eigenvalue weighted by Crippen LogP contribution is -3.00. The Labute approximate surface area is 147 Å². The molecule has 0 fully saturated rings. The Morgan fingerprint density at radius 1 is 1.04 bits per heavy atom. The third kappa shape index (κ3) is 4.24. The van der Waals surface area contributed by atoms with Crippen LogP contribution in [-0.4, -0.2) is 13.0 Å². The molecule has 3 aromatic rings. The number of pyridine rings is 1. The van der Waals surface area contributed by atoms with Crippen molar-refractivity contribution in [2.24, 2.45) is 0 Å². The summed E-state index contributed by atoms with van der Waals surface area (Å²) in [5.41, 5.74) is 0.965. The Morgan fingerprint density at radius 2 is 1.75 bits per heavy atom. The van der Waals surface area contributed by atoms with Crippen LogP contribution in [0, 0.1) is 0 Å². The van der Waals surface area contributed by atoms with E-state index in [9.17, 15) is 4.79 Å². The standard InChI is InChI=1S/C19H18N2O2.ClH/c1-23-18-9-5-4-7-16(18)12-20-19(22)14-21-11-10-15-6-2-3-8-17(15)13-21;/h2-11,13H,12,14H2,1H3;1H. The maximum atomic E-state index is 12.1. The van der Waals surface area contributed by atoms with E-state index in [0.29, 0.717) is 13.1 Å². The van der Waals surface area contributed by atoms with Crippen LogP contribution in [0.5, 0.6) is 5.75 Å². The molecule has 3 rings (SSSR count). The quantitative estimate of drug-likeness (QED) is 0.633. The molecule has 0 saturated heterocycles. The number of aromatic nitrogens is 1. The van der Waals surface area contributed by atoms with E-state index < -0.39 is 0 Å². The second kappa shape index (κ2) is 8.31. The largest absolute Gasteiger partial charge is 1.00 e. The summed E-state index contributed by atoms with van der Waals surface area (Å²) >= 11 is 0. The van der Waals surface area contributed by atoms with E-state index in [2.05, 4.69) is 11.4 Å². The van der Waals surface area contributed by atoms with Crippen molar-refractivity contribution >= 4 is 16.7 Å². The molecule has 1 amide bonds. The number of carbonyl (C=O) groups is 1. The van der Waals surface area contributed by atoms with Gasteiger partial charge in [0.15, 0.2) is 12.4 Å². The predicted octanol–water partition coefficient (Wildman–Crippen LogP) is -0.544. The number of carbonyl (C=O) groups excluding carboxylic acids is 1. The molecule has 0 aliphatic carbocycles. The van der Waals surface area contributed by atoms with Crippen molar-refractivity contribution in [1.29, 1.82) is 0 Å². The molecule has 5 heteroatoms. The van der Waals surface area contributed by atoms with Crippen LogP contribution in [0.2, 0.25) is 0 Å². The monoisotopic (exact) mass is 342 g/mol. The van der Waals surface area contributed by atoms with Crippen LogP contribution in [0.3, 0.4) is 0 Å². The van der Waals surface area contributed by atoms with Crippen LogP contribution in [0.25, 0.3) is 10.8 Å². The van der Waals surface area contributed by atoms with E-state index in [1.165, 1.54) is 0 Å². The highest BCUT2D eigenvalue weighted by Gasteiger charge is 2.11. The van der Waals surface area contributed by atoms with Gasteiger partial charge in [-0.05, 0) is 17.5 Å². The zero-order valence-corrected chi connectivity index (χ0v) is 14.2. The van der Waals surface area contributed by atoms with E-state index in [1.807, 2.05) is 65.5 Å². The molecule has 1 aromatic heterocycles. The fraction of sp³-hybridized carbons (Fsp3) is 0.158. The zero-order valence-electron chi connectivity index (χ0n) is 13.4. The number of fused-ring (bicyclic) bond motifs is 1. The van der Waals surface area contributed by atoms with Crippen molar-refractivity contribution in [1.82, 2.24) is 5.32 Å². The average molecular weight is 343 g/mol. The Morgan fingerprint density at radius 3 is 2.54 bits per heavy atom. The van der Waals surface area contributed by atoms with Gasteiger partial charge in [-0.3, -0.25) is 4.79 Å². The lowest BCUT2D eigenvalue weighted by atomic mass is 10.2. The lowest BCUT2D eigenvalue weighted by Gasteiger charge is -2.08. The lowest BCUT2D eigenvalue weighted by molar-refractivity contribution is -0.683. The van der Waals surface area contributed by atoms with Crippen LogP contribution in [0.4, 0.5) is 0 Å². The van der Waals surface area contributed by atoms with E-state index in [0.717, 1.165) is 22.1 Å². The Hall–Kier alpha value is -2.59. The van der Waals surface area contributed by atoms with Gasteiger partial charge in [-0.25, -0.2) is 0 Å². The highest BCUT2D eigenvalue weighted by molar-refractivity contribution is 5.80. The first-order chi connectivity index (χ1) is 11.3. The second-order valence-corrected chi connectivity index (χ2v) is 5.33. The summed E-state index contributed by atoms with van der Waals surface area (Å²) in [7, 11) is 1.63. The van der Waals surface area contributed by atoms with E-state index in [-0.39, 0.29) is 18.3 Å². The average Bonchev–Trinajstić information content (AvgIpc) is 2.60. The first-order valence-electron chi connectivity index (χ1n) is 7.53. The Bertz CT molecular complexity index is 836. The summed E-state index contributed by atoms with van der Waals surface area (Å²) in [6.45, 7) is 0.747. The highest BCUT2D eigenvalue weighted by atomic mass is 35.5. The maximum absolute atomic E-state index is 12.1. The van der Waals surface area contributed by atoms with Gasteiger partial charge < -0.3 is 22.5 Å². The van der Waals surface area contributed by atoms with Gasteiger partial charge in [-0.2, -0.15) is 4.57 Å². The smallest absolute Gasteiger partial charge is 0.286 e. The number of rotatable bonds is 5. The summed E-state index contributed by atoms with van der Waals surface area (Å²) in [6, 6.07) is 17.8. The minimum Gasteiger partial charge on any atom is -1.00 e. The molecule has 0 unspecified atom stereocenters. The summed E-state index contributed by atoms with van der Waals surface area (Å²) in [5, 5.41) is 5.21. The normalized spacial score (nSPS) is 10.0. The molecule has 2 aromatic carbocycles. The third-order valence-electron chi connectivity index (χ3n) is 3.74. The van der Waals surface area contributed by atoms with Crippen molar-refractivity contribution in [2.45, 2.75) is 13.1 Å². The van der Waals surface area contributed by atoms with Crippen LogP contribution >= 0.6 is 0 Å². The number of para-hydroxylation sites is 1. The molecule has 4 nitrogen and oxygen atoms in total. The second-order valence-electron chi connectivity index (χ2n) is 5.33. The molecule has 0 saturated carbocycles. The van der Waals surface area contributed by atoms with Gasteiger partial charge in [0.25, 0.3) is 5.91 Å². The van der Waals surface area contributed by atoms with Crippen LogP contribution < -0.4 is 27.0 Å². The molecule has 0 radical (unpaired) electrons. The van der Waals surface area contributed by atoms with Crippen molar-refractivity contribution in [2.75, 3.05) is 7.11 Å². The first kappa shape index (κ1) is 17.8. The number of hydrogen-bond acceptors (Lipinski definition) is 2. The molecular formula is C19H19ClN2O2. The number of halogens is 1. The van der Waals surface area contributed by atoms with Gasteiger partial charge in [0.2, 0.25) is 6.54 Å². The number of benzene rings is 2. The molecule has 0 bridgehead atoms. The van der Waals surface area contributed by atoms with Crippen LogP contribution in [-0.2, 0) is 17.9 Å².